The van der Waals surface area contributed by atoms with E-state index in [2.05, 4.69) is 0 Å². The summed E-state index contributed by atoms with van der Waals surface area (Å²) < 4.78 is 31.6. The van der Waals surface area contributed by atoms with Gasteiger partial charge in [-0.25, -0.2) is 8.78 Å². The van der Waals surface area contributed by atoms with Gasteiger partial charge in [0.25, 0.3) is 0 Å². The summed E-state index contributed by atoms with van der Waals surface area (Å²) in [6, 6.07) is 0.904. The molecule has 0 spiro atoms. The maximum Gasteiger partial charge on any atom is 0.167 e. The normalized spacial score (nSPS) is 10.5. The monoisotopic (exact) mass is 235 g/mol. The molecule has 84 valence electrons. The Bertz CT molecular complexity index is 358. The van der Waals surface area contributed by atoms with Crippen LogP contribution in [0, 0.1) is 11.6 Å². The van der Waals surface area contributed by atoms with E-state index in [0.29, 0.717) is 19.4 Å². The molecule has 0 bridgehead atoms. The number of hydrogen-bond acceptors (Lipinski definition) is 2. The topological polar surface area (TPSA) is 35.2 Å². The van der Waals surface area contributed by atoms with Crippen LogP contribution in [-0.2, 0) is 6.42 Å². The maximum atomic E-state index is 13.5. The molecule has 0 aliphatic rings. The molecule has 2 nitrogen and oxygen atoms in total. The first kappa shape index (κ1) is 12.2. The molecule has 5 heteroatoms. The van der Waals surface area contributed by atoms with Gasteiger partial charge in [0.1, 0.15) is 5.82 Å². The second-order valence-corrected chi connectivity index (χ2v) is 3.47. The minimum absolute atomic E-state index is 0.0923. The molecule has 0 saturated heterocycles. The zero-order chi connectivity index (χ0) is 11.4. The molecule has 0 aliphatic heterocycles. The first-order chi connectivity index (χ1) is 7.11. The Hall–Kier alpha value is -0.870. The van der Waals surface area contributed by atoms with Crippen LogP contribution < -0.4 is 10.5 Å². The van der Waals surface area contributed by atoms with Crippen molar-refractivity contribution in [1.29, 1.82) is 0 Å². The highest BCUT2D eigenvalue weighted by atomic mass is 35.5. The molecule has 0 saturated carbocycles. The van der Waals surface area contributed by atoms with Crippen molar-refractivity contribution in [2.24, 2.45) is 5.73 Å². The molecule has 1 aromatic carbocycles. The number of nitrogens with two attached hydrogens (primary N) is 1. The van der Waals surface area contributed by atoms with E-state index in [1.54, 1.807) is 0 Å². The van der Waals surface area contributed by atoms with Crippen molar-refractivity contribution in [1.82, 2.24) is 0 Å². The predicted octanol–water partition coefficient (Wildman–Crippen LogP) is 2.52. The largest absolute Gasteiger partial charge is 0.493 e. The minimum atomic E-state index is -0.657. The van der Waals surface area contributed by atoms with Gasteiger partial charge in [0, 0.05) is 5.56 Å². The van der Waals surface area contributed by atoms with E-state index in [1.165, 1.54) is 7.11 Å². The molecular formula is C10H12ClF2NO. The molecule has 2 N–H and O–H groups in total. The summed E-state index contributed by atoms with van der Waals surface area (Å²) in [6.45, 7) is 0.400. The summed E-state index contributed by atoms with van der Waals surface area (Å²) in [4.78, 5) is 0. The fraction of sp³-hybridized carbons (Fsp3) is 0.400. The van der Waals surface area contributed by atoms with Gasteiger partial charge in [0.15, 0.2) is 11.6 Å². The van der Waals surface area contributed by atoms with E-state index in [9.17, 15) is 8.78 Å². The molecule has 0 atom stereocenters. The van der Waals surface area contributed by atoms with E-state index in [4.69, 9.17) is 22.1 Å². The number of methoxy groups -OCH3 is 1. The predicted molar refractivity (Wildman–Crippen MR) is 55.3 cm³/mol. The number of rotatable bonds is 4. The number of halogens is 3. The van der Waals surface area contributed by atoms with Crippen molar-refractivity contribution < 1.29 is 13.5 Å². The molecule has 0 heterocycles. The SMILES string of the molecule is COc1c(F)cc(Cl)c(F)c1CCCN. The van der Waals surface area contributed by atoms with Crippen LogP contribution in [0.4, 0.5) is 8.78 Å². The summed E-state index contributed by atoms with van der Waals surface area (Å²) in [7, 11) is 1.29. The van der Waals surface area contributed by atoms with Crippen molar-refractivity contribution in [2.45, 2.75) is 12.8 Å². The van der Waals surface area contributed by atoms with E-state index in [-0.39, 0.29) is 16.3 Å². The van der Waals surface area contributed by atoms with Crippen LogP contribution in [0.15, 0.2) is 6.07 Å². The van der Waals surface area contributed by atoms with Crippen LogP contribution in [-0.4, -0.2) is 13.7 Å². The lowest BCUT2D eigenvalue weighted by Crippen LogP contribution is -2.05. The van der Waals surface area contributed by atoms with Crippen molar-refractivity contribution in [2.75, 3.05) is 13.7 Å². The van der Waals surface area contributed by atoms with Crippen molar-refractivity contribution >= 4 is 11.6 Å². The van der Waals surface area contributed by atoms with E-state index in [1.807, 2.05) is 0 Å². The molecule has 0 amide bonds. The molecule has 1 rings (SSSR count). The zero-order valence-corrected chi connectivity index (χ0v) is 9.07. The van der Waals surface area contributed by atoms with Crippen molar-refractivity contribution in [3.8, 4) is 5.75 Å². The fourth-order valence-corrected chi connectivity index (χ4v) is 1.56. The van der Waals surface area contributed by atoms with Gasteiger partial charge in [0.05, 0.1) is 12.1 Å². The molecular weight excluding hydrogens is 224 g/mol. The highest BCUT2D eigenvalue weighted by molar-refractivity contribution is 6.30. The molecule has 0 aliphatic carbocycles. The van der Waals surface area contributed by atoms with E-state index >= 15 is 0 Å². The Kier molecular flexibility index (Phi) is 4.29. The van der Waals surface area contributed by atoms with E-state index in [0.717, 1.165) is 6.07 Å². The van der Waals surface area contributed by atoms with Gasteiger partial charge in [-0.3, -0.25) is 0 Å². The van der Waals surface area contributed by atoms with Gasteiger partial charge in [0.2, 0.25) is 0 Å². The van der Waals surface area contributed by atoms with Crippen LogP contribution in [0.2, 0.25) is 5.02 Å². The highest BCUT2D eigenvalue weighted by Gasteiger charge is 2.17. The third-order valence-corrected chi connectivity index (χ3v) is 2.33. The van der Waals surface area contributed by atoms with Crippen LogP contribution in [0.25, 0.3) is 0 Å². The molecule has 0 unspecified atom stereocenters. The van der Waals surface area contributed by atoms with Gasteiger partial charge in [-0.2, -0.15) is 0 Å². The fourth-order valence-electron chi connectivity index (χ4n) is 1.35. The lowest BCUT2D eigenvalue weighted by atomic mass is 10.1. The molecule has 1 aromatic rings. The third kappa shape index (κ3) is 2.58. The summed E-state index contributed by atoms with van der Waals surface area (Å²) in [5.74, 6) is -1.38. The zero-order valence-electron chi connectivity index (χ0n) is 8.32. The first-order valence-corrected chi connectivity index (χ1v) is 4.90. The van der Waals surface area contributed by atoms with Gasteiger partial charge >= 0.3 is 0 Å². The number of benzene rings is 1. The number of ether oxygens (including phenoxy) is 1. The molecule has 0 aromatic heterocycles. The van der Waals surface area contributed by atoms with Crippen LogP contribution in [0.1, 0.15) is 12.0 Å². The van der Waals surface area contributed by atoms with Gasteiger partial charge < -0.3 is 10.5 Å². The average Bonchev–Trinajstić information content (AvgIpc) is 2.21. The quantitative estimate of drug-likeness (QED) is 0.814. The Labute approximate surface area is 92.0 Å². The summed E-state index contributed by atoms with van der Waals surface area (Å²) >= 11 is 5.53. The lowest BCUT2D eigenvalue weighted by Gasteiger charge is -2.11. The summed E-state index contributed by atoms with van der Waals surface area (Å²) in [5, 5.41) is -0.236. The standard InChI is InChI=1S/C10H12ClF2NO/c1-15-10-6(3-2-4-14)9(13)7(11)5-8(10)12/h5H,2-4,14H2,1H3. The Morgan fingerprint density at radius 2 is 2.13 bits per heavy atom. The van der Waals surface area contributed by atoms with Crippen LogP contribution >= 0.6 is 11.6 Å². The minimum Gasteiger partial charge on any atom is -0.493 e. The van der Waals surface area contributed by atoms with Gasteiger partial charge in [-0.1, -0.05) is 11.6 Å². The second kappa shape index (κ2) is 5.28. The summed E-state index contributed by atoms with van der Waals surface area (Å²) in [5.41, 5.74) is 5.45. The third-order valence-electron chi connectivity index (χ3n) is 2.05. The highest BCUT2D eigenvalue weighted by Crippen LogP contribution is 2.31. The lowest BCUT2D eigenvalue weighted by molar-refractivity contribution is 0.375. The maximum absolute atomic E-state index is 13.5. The molecule has 0 fully saturated rings. The van der Waals surface area contributed by atoms with E-state index < -0.39 is 11.6 Å². The smallest absolute Gasteiger partial charge is 0.167 e. The Morgan fingerprint density at radius 3 is 2.67 bits per heavy atom. The van der Waals surface area contributed by atoms with Crippen molar-refractivity contribution in [3.05, 3.63) is 28.3 Å². The Morgan fingerprint density at radius 1 is 1.47 bits per heavy atom. The number of hydrogen-bond donors (Lipinski definition) is 1. The van der Waals surface area contributed by atoms with Gasteiger partial charge in [-0.05, 0) is 25.5 Å². The first-order valence-electron chi connectivity index (χ1n) is 4.52. The van der Waals surface area contributed by atoms with Crippen molar-refractivity contribution in [3.63, 3.8) is 0 Å². The summed E-state index contributed by atoms with van der Waals surface area (Å²) in [6.07, 6.45) is 0.857. The average molecular weight is 236 g/mol. The van der Waals surface area contributed by atoms with Crippen LogP contribution in [0.3, 0.4) is 0 Å². The molecule has 0 radical (unpaired) electrons. The van der Waals surface area contributed by atoms with Crippen LogP contribution in [0.5, 0.6) is 5.75 Å². The Balaban J connectivity index is 3.18. The second-order valence-electron chi connectivity index (χ2n) is 3.06. The van der Waals surface area contributed by atoms with Gasteiger partial charge in [-0.15, -0.1) is 0 Å². The molecule has 15 heavy (non-hydrogen) atoms.